The molecule has 0 aliphatic carbocycles. The van der Waals surface area contributed by atoms with Gasteiger partial charge in [-0.25, -0.2) is 4.39 Å². The number of benzene rings is 2. The van der Waals surface area contributed by atoms with Crippen molar-refractivity contribution in [3.8, 4) is 5.75 Å². The van der Waals surface area contributed by atoms with Gasteiger partial charge in [-0.2, -0.15) is 0 Å². The van der Waals surface area contributed by atoms with Gasteiger partial charge in [0, 0.05) is 5.02 Å². The molecule has 136 valence electrons. The fraction of sp³-hybridized carbons (Fsp3) is 0.222. The second-order valence-corrected chi connectivity index (χ2v) is 6.59. The zero-order valence-corrected chi connectivity index (χ0v) is 14.9. The van der Waals surface area contributed by atoms with E-state index in [4.69, 9.17) is 32.7 Å². The van der Waals surface area contributed by atoms with Crippen molar-refractivity contribution in [1.82, 2.24) is 0 Å². The summed E-state index contributed by atoms with van der Waals surface area (Å²) in [5, 5.41) is 3.06. The van der Waals surface area contributed by atoms with Crippen LogP contribution in [0.1, 0.15) is 5.56 Å². The van der Waals surface area contributed by atoms with Crippen LogP contribution in [0.2, 0.25) is 10.0 Å². The lowest BCUT2D eigenvalue weighted by atomic mass is 9.97. The smallest absolute Gasteiger partial charge is 0.313 e. The Morgan fingerprint density at radius 2 is 2.04 bits per heavy atom. The van der Waals surface area contributed by atoms with Crippen LogP contribution in [-0.2, 0) is 20.7 Å². The molecule has 0 bridgehead atoms. The van der Waals surface area contributed by atoms with Crippen molar-refractivity contribution in [2.45, 2.75) is 6.42 Å². The van der Waals surface area contributed by atoms with Crippen molar-refractivity contribution in [2.75, 3.05) is 18.5 Å². The maximum Gasteiger partial charge on any atom is 0.313 e. The highest BCUT2D eigenvalue weighted by atomic mass is 35.5. The fourth-order valence-electron chi connectivity index (χ4n) is 2.55. The third-order valence-corrected chi connectivity index (χ3v) is 4.36. The van der Waals surface area contributed by atoms with Crippen molar-refractivity contribution in [3.05, 3.63) is 57.8 Å². The molecule has 1 heterocycles. The summed E-state index contributed by atoms with van der Waals surface area (Å²) in [4.78, 5) is 24.1. The molecule has 0 aromatic heterocycles. The predicted octanol–water partition coefficient (Wildman–Crippen LogP) is 3.87. The van der Waals surface area contributed by atoms with Crippen LogP contribution < -0.4 is 10.1 Å². The van der Waals surface area contributed by atoms with Crippen LogP contribution in [0.3, 0.4) is 0 Å². The zero-order valence-electron chi connectivity index (χ0n) is 13.4. The maximum atomic E-state index is 13.0. The monoisotopic (exact) mass is 397 g/mol. The van der Waals surface area contributed by atoms with Crippen molar-refractivity contribution in [1.29, 1.82) is 0 Å². The molecular weight excluding hydrogens is 384 g/mol. The Balaban J connectivity index is 1.53. The van der Waals surface area contributed by atoms with Crippen LogP contribution >= 0.6 is 23.2 Å². The standard InChI is InChI=1S/C18H14Cl2FNO4/c19-12-1-4-16-10(6-12)5-11(8-25-16)18(24)26-9-17(23)22-15-3-2-13(21)7-14(15)20/h1-4,6-7,11H,5,8-9H2,(H,22,23)/t11-/m0/s1. The van der Waals surface area contributed by atoms with Crippen molar-refractivity contribution >= 4 is 40.8 Å². The first kappa shape index (κ1) is 18.5. The van der Waals surface area contributed by atoms with Crippen molar-refractivity contribution in [3.63, 3.8) is 0 Å². The second-order valence-electron chi connectivity index (χ2n) is 5.74. The van der Waals surface area contributed by atoms with Gasteiger partial charge in [0.1, 0.15) is 18.2 Å². The van der Waals surface area contributed by atoms with Crippen LogP contribution in [0, 0.1) is 11.7 Å². The maximum absolute atomic E-state index is 13.0. The number of anilines is 1. The minimum atomic E-state index is -0.577. The molecule has 0 radical (unpaired) electrons. The molecule has 2 aromatic rings. The average Bonchev–Trinajstić information content (AvgIpc) is 2.61. The molecule has 2 aromatic carbocycles. The summed E-state index contributed by atoms with van der Waals surface area (Å²) in [7, 11) is 0. The van der Waals surface area contributed by atoms with E-state index in [1.54, 1.807) is 18.2 Å². The number of carbonyl (C=O) groups is 2. The van der Waals surface area contributed by atoms with Crippen LogP contribution in [-0.4, -0.2) is 25.1 Å². The summed E-state index contributed by atoms with van der Waals surface area (Å²) in [6, 6.07) is 8.76. The first-order valence-electron chi connectivity index (χ1n) is 7.75. The second kappa shape index (κ2) is 7.93. The highest BCUT2D eigenvalue weighted by Crippen LogP contribution is 2.30. The lowest BCUT2D eigenvalue weighted by Crippen LogP contribution is -2.32. The number of rotatable bonds is 4. The van der Waals surface area contributed by atoms with E-state index in [-0.39, 0.29) is 17.3 Å². The van der Waals surface area contributed by atoms with Gasteiger partial charge in [0.05, 0.1) is 16.6 Å². The molecule has 0 saturated heterocycles. The molecule has 0 fully saturated rings. The average molecular weight is 398 g/mol. The molecule has 8 heteroatoms. The molecule has 5 nitrogen and oxygen atoms in total. The van der Waals surface area contributed by atoms with Gasteiger partial charge < -0.3 is 14.8 Å². The van der Waals surface area contributed by atoms with Crippen LogP contribution in [0.4, 0.5) is 10.1 Å². The van der Waals surface area contributed by atoms with Gasteiger partial charge in [-0.1, -0.05) is 23.2 Å². The summed E-state index contributed by atoms with van der Waals surface area (Å²) in [6.07, 6.45) is 0.417. The Bertz CT molecular complexity index is 859. The quantitative estimate of drug-likeness (QED) is 0.795. The first-order chi connectivity index (χ1) is 12.4. The van der Waals surface area contributed by atoms with Crippen LogP contribution in [0.5, 0.6) is 5.75 Å². The van der Waals surface area contributed by atoms with Crippen molar-refractivity contribution < 1.29 is 23.5 Å². The molecule has 1 aliphatic heterocycles. The lowest BCUT2D eigenvalue weighted by Gasteiger charge is -2.24. The van der Waals surface area contributed by atoms with E-state index in [0.29, 0.717) is 17.2 Å². The minimum absolute atomic E-state index is 0.0545. The SMILES string of the molecule is O=C(COC(=O)[C@@H]1COc2ccc(Cl)cc2C1)Nc1ccc(F)cc1Cl. The van der Waals surface area contributed by atoms with E-state index in [1.165, 1.54) is 6.07 Å². The third-order valence-electron chi connectivity index (χ3n) is 3.81. The van der Waals surface area contributed by atoms with Gasteiger partial charge in [0.25, 0.3) is 5.91 Å². The molecule has 1 amide bonds. The Morgan fingerprint density at radius 3 is 2.81 bits per heavy atom. The number of carbonyl (C=O) groups excluding carboxylic acids is 2. The molecule has 0 unspecified atom stereocenters. The highest BCUT2D eigenvalue weighted by molar-refractivity contribution is 6.33. The Morgan fingerprint density at radius 1 is 1.23 bits per heavy atom. The van der Waals surface area contributed by atoms with E-state index >= 15 is 0 Å². The lowest BCUT2D eigenvalue weighted by molar-refractivity contribution is -0.152. The Hall–Kier alpha value is -2.31. The van der Waals surface area contributed by atoms with Gasteiger partial charge >= 0.3 is 5.97 Å². The van der Waals surface area contributed by atoms with Crippen LogP contribution in [0.25, 0.3) is 0 Å². The van der Waals surface area contributed by atoms with E-state index in [9.17, 15) is 14.0 Å². The summed E-state index contributed by atoms with van der Waals surface area (Å²) in [6.45, 7) is -0.315. The van der Waals surface area contributed by atoms with E-state index in [1.807, 2.05) is 0 Å². The number of hydrogen-bond acceptors (Lipinski definition) is 4. The number of fused-ring (bicyclic) bond motifs is 1. The summed E-state index contributed by atoms with van der Waals surface area (Å²) in [5.74, 6) is -1.48. The normalized spacial score (nSPS) is 15.6. The topological polar surface area (TPSA) is 64.6 Å². The molecule has 0 spiro atoms. The highest BCUT2D eigenvalue weighted by Gasteiger charge is 2.28. The molecule has 3 rings (SSSR count). The van der Waals surface area contributed by atoms with E-state index in [2.05, 4.69) is 5.32 Å². The number of ether oxygens (including phenoxy) is 2. The molecular formula is C18H14Cl2FNO4. The summed E-state index contributed by atoms with van der Waals surface area (Å²) >= 11 is 11.8. The van der Waals surface area contributed by atoms with Gasteiger partial charge in [0.2, 0.25) is 0 Å². The zero-order chi connectivity index (χ0) is 18.7. The molecule has 26 heavy (non-hydrogen) atoms. The number of nitrogens with one attached hydrogen (secondary N) is 1. The summed E-state index contributed by atoms with van der Waals surface area (Å²) in [5.41, 5.74) is 1.05. The fourth-order valence-corrected chi connectivity index (χ4v) is 2.96. The van der Waals surface area contributed by atoms with Crippen molar-refractivity contribution in [2.24, 2.45) is 5.92 Å². The first-order valence-corrected chi connectivity index (χ1v) is 8.51. The van der Waals surface area contributed by atoms with Gasteiger partial charge in [-0.15, -0.1) is 0 Å². The third kappa shape index (κ3) is 4.45. The molecule has 1 aliphatic rings. The largest absolute Gasteiger partial charge is 0.492 e. The molecule has 1 atom stereocenters. The van der Waals surface area contributed by atoms with Gasteiger partial charge in [-0.3, -0.25) is 9.59 Å². The number of amides is 1. The molecule has 0 saturated carbocycles. The summed E-state index contributed by atoms with van der Waals surface area (Å²) < 4.78 is 23.6. The Kier molecular flexibility index (Phi) is 5.64. The van der Waals surface area contributed by atoms with Gasteiger partial charge in [-0.05, 0) is 48.4 Å². The molecule has 1 N–H and O–H groups in total. The van der Waals surface area contributed by atoms with E-state index in [0.717, 1.165) is 17.7 Å². The minimum Gasteiger partial charge on any atom is -0.492 e. The Labute approximate surface area is 159 Å². The number of halogens is 3. The number of esters is 1. The predicted molar refractivity (Wildman–Crippen MR) is 95.1 cm³/mol. The number of hydrogen-bond donors (Lipinski definition) is 1. The van der Waals surface area contributed by atoms with E-state index < -0.39 is 30.2 Å². The van der Waals surface area contributed by atoms with Crippen LogP contribution in [0.15, 0.2) is 36.4 Å². The van der Waals surface area contributed by atoms with Gasteiger partial charge in [0.15, 0.2) is 6.61 Å².